The van der Waals surface area contributed by atoms with Gasteiger partial charge in [-0.15, -0.1) is 11.3 Å². The number of rotatable bonds is 5. The van der Waals surface area contributed by atoms with Gasteiger partial charge in [-0.2, -0.15) is 0 Å². The Labute approximate surface area is 122 Å². The van der Waals surface area contributed by atoms with E-state index >= 15 is 0 Å². The predicted molar refractivity (Wildman–Crippen MR) is 83.7 cm³/mol. The van der Waals surface area contributed by atoms with Crippen LogP contribution >= 0.6 is 11.3 Å². The van der Waals surface area contributed by atoms with E-state index in [-0.39, 0.29) is 0 Å². The lowest BCUT2D eigenvalue weighted by Crippen LogP contribution is -2.42. The van der Waals surface area contributed by atoms with Gasteiger partial charge >= 0.3 is 0 Å². The Morgan fingerprint density at radius 2 is 2.21 bits per heavy atom. The van der Waals surface area contributed by atoms with Crippen molar-refractivity contribution < 1.29 is 0 Å². The Morgan fingerprint density at radius 1 is 1.42 bits per heavy atom. The Hall–Kier alpha value is -0.410. The molecule has 1 aromatic rings. The SMILES string of the molecule is CCNC1CCC(C(C)C)CC1Cc1csc(C)n1. The number of nitrogens with one attached hydrogen (secondary N) is 1. The van der Waals surface area contributed by atoms with Crippen molar-refractivity contribution in [2.24, 2.45) is 17.8 Å². The van der Waals surface area contributed by atoms with Gasteiger partial charge in [0.2, 0.25) is 0 Å². The van der Waals surface area contributed by atoms with E-state index in [4.69, 9.17) is 0 Å². The van der Waals surface area contributed by atoms with Crippen molar-refractivity contribution in [2.45, 2.75) is 59.4 Å². The molecule has 2 nitrogen and oxygen atoms in total. The minimum absolute atomic E-state index is 0.696. The Bertz CT molecular complexity index is 386. The van der Waals surface area contributed by atoms with E-state index < -0.39 is 0 Å². The van der Waals surface area contributed by atoms with Gasteiger partial charge in [0, 0.05) is 11.4 Å². The summed E-state index contributed by atoms with van der Waals surface area (Å²) >= 11 is 1.78. The van der Waals surface area contributed by atoms with Gasteiger partial charge < -0.3 is 5.32 Å². The standard InChI is InChI=1S/C16H28N2S/c1-5-17-16-7-6-13(11(2)3)8-14(16)9-15-10-19-12(4)18-15/h10-11,13-14,16-17H,5-9H2,1-4H3. The molecule has 108 valence electrons. The van der Waals surface area contributed by atoms with Crippen LogP contribution in [0.15, 0.2) is 5.38 Å². The summed E-state index contributed by atoms with van der Waals surface area (Å²) in [7, 11) is 0. The van der Waals surface area contributed by atoms with Crippen LogP contribution in [0.4, 0.5) is 0 Å². The zero-order chi connectivity index (χ0) is 13.8. The average molecular weight is 280 g/mol. The zero-order valence-corrected chi connectivity index (χ0v) is 13.6. The van der Waals surface area contributed by atoms with Gasteiger partial charge in [-0.3, -0.25) is 0 Å². The number of nitrogens with zero attached hydrogens (tertiary/aromatic N) is 1. The summed E-state index contributed by atoms with van der Waals surface area (Å²) in [6.45, 7) is 10.2. The van der Waals surface area contributed by atoms with E-state index in [1.807, 2.05) is 0 Å². The molecule has 0 amide bonds. The van der Waals surface area contributed by atoms with Gasteiger partial charge in [0.15, 0.2) is 0 Å². The Balaban J connectivity index is 2.02. The number of aromatic nitrogens is 1. The summed E-state index contributed by atoms with van der Waals surface area (Å²) in [6, 6.07) is 0.696. The highest BCUT2D eigenvalue weighted by Gasteiger charge is 2.31. The molecule has 1 fully saturated rings. The van der Waals surface area contributed by atoms with E-state index in [1.54, 1.807) is 11.3 Å². The molecule has 19 heavy (non-hydrogen) atoms. The van der Waals surface area contributed by atoms with Gasteiger partial charge in [0.25, 0.3) is 0 Å². The van der Waals surface area contributed by atoms with Gasteiger partial charge in [-0.25, -0.2) is 4.98 Å². The normalized spacial score (nSPS) is 27.9. The molecule has 3 unspecified atom stereocenters. The maximum Gasteiger partial charge on any atom is 0.0897 e. The van der Waals surface area contributed by atoms with Gasteiger partial charge in [0.1, 0.15) is 0 Å². The van der Waals surface area contributed by atoms with Crippen LogP contribution in [0.3, 0.4) is 0 Å². The minimum Gasteiger partial charge on any atom is -0.314 e. The maximum absolute atomic E-state index is 4.66. The van der Waals surface area contributed by atoms with Gasteiger partial charge in [0.05, 0.1) is 10.7 Å². The highest BCUT2D eigenvalue weighted by atomic mass is 32.1. The van der Waals surface area contributed by atoms with Gasteiger partial charge in [-0.05, 0) is 56.9 Å². The molecular weight excluding hydrogens is 252 g/mol. The molecule has 0 radical (unpaired) electrons. The lowest BCUT2D eigenvalue weighted by atomic mass is 9.72. The first-order valence-corrected chi connectivity index (χ1v) is 8.62. The van der Waals surface area contributed by atoms with E-state index in [0.717, 1.165) is 30.7 Å². The third kappa shape index (κ3) is 4.03. The summed E-state index contributed by atoms with van der Waals surface area (Å²) in [5.74, 6) is 2.49. The fourth-order valence-corrected chi connectivity index (χ4v) is 4.06. The number of hydrogen-bond donors (Lipinski definition) is 1. The molecule has 1 aromatic heterocycles. The third-order valence-electron chi connectivity index (χ3n) is 4.57. The fourth-order valence-electron chi connectivity index (χ4n) is 3.43. The smallest absolute Gasteiger partial charge is 0.0897 e. The van der Waals surface area contributed by atoms with Gasteiger partial charge in [-0.1, -0.05) is 20.8 Å². The largest absolute Gasteiger partial charge is 0.314 e. The van der Waals surface area contributed by atoms with Crippen molar-refractivity contribution in [3.05, 3.63) is 16.1 Å². The van der Waals surface area contributed by atoms with Crippen LogP contribution in [0.5, 0.6) is 0 Å². The third-order valence-corrected chi connectivity index (χ3v) is 5.39. The molecule has 0 aliphatic heterocycles. The lowest BCUT2D eigenvalue weighted by Gasteiger charge is -2.38. The summed E-state index contributed by atoms with van der Waals surface area (Å²) in [5.41, 5.74) is 1.31. The molecule has 0 saturated heterocycles. The Kier molecular flexibility index (Phi) is 5.40. The van der Waals surface area contributed by atoms with E-state index in [1.165, 1.54) is 30.0 Å². The topological polar surface area (TPSA) is 24.9 Å². The molecule has 0 aromatic carbocycles. The number of aryl methyl sites for hydroxylation is 1. The molecular formula is C16H28N2S. The second-order valence-corrected chi connectivity index (χ2v) is 7.37. The van der Waals surface area contributed by atoms with Crippen LogP contribution in [0.2, 0.25) is 0 Å². The number of hydrogen-bond acceptors (Lipinski definition) is 3. The van der Waals surface area contributed by atoms with E-state index in [0.29, 0.717) is 6.04 Å². The maximum atomic E-state index is 4.66. The van der Waals surface area contributed by atoms with E-state index in [2.05, 4.69) is 43.4 Å². The summed E-state index contributed by atoms with van der Waals surface area (Å²) in [6.07, 6.45) is 5.25. The predicted octanol–water partition coefficient (Wildman–Crippen LogP) is 4.04. The molecule has 1 N–H and O–H groups in total. The van der Waals surface area contributed by atoms with Crippen LogP contribution in [0, 0.1) is 24.7 Å². The molecule has 3 heteroatoms. The molecule has 1 aliphatic rings. The summed E-state index contributed by atoms with van der Waals surface area (Å²) < 4.78 is 0. The molecule has 2 rings (SSSR count). The monoisotopic (exact) mass is 280 g/mol. The van der Waals surface area contributed by atoms with Crippen molar-refractivity contribution in [3.8, 4) is 0 Å². The first-order valence-electron chi connectivity index (χ1n) is 7.74. The molecule has 0 spiro atoms. The van der Waals surface area contributed by atoms with Crippen molar-refractivity contribution in [1.29, 1.82) is 0 Å². The number of thiazole rings is 1. The van der Waals surface area contributed by atoms with Crippen molar-refractivity contribution in [2.75, 3.05) is 6.54 Å². The zero-order valence-electron chi connectivity index (χ0n) is 12.8. The highest BCUT2D eigenvalue weighted by Crippen LogP contribution is 2.35. The summed E-state index contributed by atoms with van der Waals surface area (Å²) in [5, 5.41) is 7.14. The molecule has 1 aliphatic carbocycles. The Morgan fingerprint density at radius 3 is 2.79 bits per heavy atom. The summed E-state index contributed by atoms with van der Waals surface area (Å²) in [4.78, 5) is 4.66. The molecule has 3 atom stereocenters. The fraction of sp³-hybridized carbons (Fsp3) is 0.812. The second-order valence-electron chi connectivity index (χ2n) is 6.30. The van der Waals surface area contributed by atoms with Crippen LogP contribution in [-0.2, 0) is 6.42 Å². The lowest BCUT2D eigenvalue weighted by molar-refractivity contribution is 0.168. The molecule has 1 saturated carbocycles. The van der Waals surface area contributed by atoms with Crippen molar-refractivity contribution >= 4 is 11.3 Å². The average Bonchev–Trinajstić information content (AvgIpc) is 2.77. The van der Waals surface area contributed by atoms with Crippen molar-refractivity contribution in [3.63, 3.8) is 0 Å². The minimum atomic E-state index is 0.696. The quantitative estimate of drug-likeness (QED) is 0.880. The molecule has 1 heterocycles. The van der Waals surface area contributed by atoms with Crippen molar-refractivity contribution in [1.82, 2.24) is 10.3 Å². The first kappa shape index (κ1) is 15.0. The van der Waals surface area contributed by atoms with E-state index in [9.17, 15) is 0 Å². The second kappa shape index (κ2) is 6.85. The first-order chi connectivity index (χ1) is 9.10. The van der Waals surface area contributed by atoms with Crippen LogP contribution in [0.25, 0.3) is 0 Å². The van der Waals surface area contributed by atoms with Crippen LogP contribution < -0.4 is 5.32 Å². The molecule has 0 bridgehead atoms. The highest BCUT2D eigenvalue weighted by molar-refractivity contribution is 7.09. The van der Waals surface area contributed by atoms with Crippen LogP contribution in [-0.4, -0.2) is 17.6 Å². The van der Waals surface area contributed by atoms with Crippen LogP contribution in [0.1, 0.15) is 50.7 Å².